The van der Waals surface area contributed by atoms with Crippen molar-refractivity contribution in [2.75, 3.05) is 6.61 Å². The minimum Gasteiger partial charge on any atom is -0.378 e. The molecule has 0 aliphatic heterocycles. The third-order valence-electron chi connectivity index (χ3n) is 8.70. The van der Waals surface area contributed by atoms with E-state index in [0.717, 1.165) is 30.3 Å². The van der Waals surface area contributed by atoms with Crippen molar-refractivity contribution in [3.8, 4) is 0 Å². The van der Waals surface area contributed by atoms with Gasteiger partial charge < -0.3 is 4.74 Å². The molecule has 0 N–H and O–H groups in total. The molecular formula is C29H46O. The topological polar surface area (TPSA) is 9.23 Å². The Bertz CT molecular complexity index is 650. The second kappa shape index (κ2) is 11.2. The molecule has 3 unspecified atom stereocenters. The minimum atomic E-state index is 0.573. The van der Waals surface area contributed by atoms with E-state index >= 15 is 0 Å². The van der Waals surface area contributed by atoms with Crippen LogP contribution in [0.3, 0.4) is 0 Å². The Morgan fingerprint density at radius 2 is 1.57 bits per heavy atom. The average Bonchev–Trinajstić information content (AvgIpc) is 2.78. The monoisotopic (exact) mass is 410 g/mol. The van der Waals surface area contributed by atoms with E-state index < -0.39 is 0 Å². The smallest absolute Gasteiger partial charge is 0.0578 e. The SMILES string of the molecule is CCCCCCO[C@@H]1CC[C@@H]2CC(C3CCc4cc(CCC)ccc4C3)CCC2C1. The molecule has 30 heavy (non-hydrogen) atoms. The highest BCUT2D eigenvalue weighted by molar-refractivity contribution is 5.34. The zero-order valence-corrected chi connectivity index (χ0v) is 19.8. The zero-order valence-electron chi connectivity index (χ0n) is 19.8. The molecule has 3 aliphatic carbocycles. The van der Waals surface area contributed by atoms with Gasteiger partial charge in [-0.15, -0.1) is 0 Å². The summed E-state index contributed by atoms with van der Waals surface area (Å²) >= 11 is 0. The summed E-state index contributed by atoms with van der Waals surface area (Å²) in [5.74, 6) is 3.89. The summed E-state index contributed by atoms with van der Waals surface area (Å²) in [5, 5.41) is 0. The van der Waals surface area contributed by atoms with Crippen LogP contribution in [0.15, 0.2) is 18.2 Å². The van der Waals surface area contributed by atoms with Crippen LogP contribution in [0.5, 0.6) is 0 Å². The fraction of sp³-hybridized carbons (Fsp3) is 0.793. The van der Waals surface area contributed by atoms with Crippen LogP contribution < -0.4 is 0 Å². The highest BCUT2D eigenvalue weighted by Crippen LogP contribution is 2.47. The molecule has 0 bridgehead atoms. The molecule has 0 aromatic heterocycles. The Morgan fingerprint density at radius 3 is 2.40 bits per heavy atom. The molecule has 0 radical (unpaired) electrons. The molecule has 5 atom stereocenters. The van der Waals surface area contributed by atoms with Gasteiger partial charge in [0, 0.05) is 6.61 Å². The average molecular weight is 411 g/mol. The summed E-state index contributed by atoms with van der Waals surface area (Å²) in [6, 6.07) is 7.40. The van der Waals surface area contributed by atoms with Gasteiger partial charge in [-0.2, -0.15) is 0 Å². The summed E-state index contributed by atoms with van der Waals surface area (Å²) in [7, 11) is 0. The molecule has 4 rings (SSSR count). The van der Waals surface area contributed by atoms with E-state index in [-0.39, 0.29) is 0 Å². The summed E-state index contributed by atoms with van der Waals surface area (Å²) in [6.07, 6.45) is 21.1. The standard InChI is InChI=1S/C29H46O/c1-3-5-6-7-17-30-29-16-15-27-20-26(13-14-28(27)21-29)25-12-11-23-18-22(8-4-2)9-10-24(23)19-25/h9-10,18,25-29H,3-8,11-17,19-21H2,1-2H3/t25?,26?,27-,28?,29-/m1/s1. The number of hydrogen-bond donors (Lipinski definition) is 0. The molecule has 0 amide bonds. The maximum Gasteiger partial charge on any atom is 0.0578 e. The Balaban J connectivity index is 1.24. The number of fused-ring (bicyclic) bond motifs is 2. The second-order valence-corrected chi connectivity index (χ2v) is 10.8. The van der Waals surface area contributed by atoms with Crippen molar-refractivity contribution in [1.29, 1.82) is 0 Å². The number of aryl methyl sites for hydroxylation is 2. The van der Waals surface area contributed by atoms with E-state index in [1.54, 1.807) is 16.7 Å². The Morgan fingerprint density at radius 1 is 0.767 bits per heavy atom. The van der Waals surface area contributed by atoms with Crippen molar-refractivity contribution < 1.29 is 4.74 Å². The maximum absolute atomic E-state index is 6.29. The van der Waals surface area contributed by atoms with Crippen LogP contribution >= 0.6 is 0 Å². The number of benzene rings is 1. The van der Waals surface area contributed by atoms with Gasteiger partial charge in [0.15, 0.2) is 0 Å². The Labute approximate surface area is 186 Å². The van der Waals surface area contributed by atoms with Crippen LogP contribution in [0.2, 0.25) is 0 Å². The van der Waals surface area contributed by atoms with Gasteiger partial charge >= 0.3 is 0 Å². The molecule has 168 valence electrons. The third kappa shape index (κ3) is 5.70. The normalized spacial score (nSPS) is 31.2. The first-order chi connectivity index (χ1) is 14.8. The van der Waals surface area contributed by atoms with Crippen LogP contribution in [0.1, 0.15) is 108 Å². The third-order valence-corrected chi connectivity index (χ3v) is 8.70. The van der Waals surface area contributed by atoms with E-state index in [9.17, 15) is 0 Å². The molecule has 2 saturated carbocycles. The molecular weight excluding hydrogens is 364 g/mol. The highest BCUT2D eigenvalue weighted by Gasteiger charge is 2.38. The van der Waals surface area contributed by atoms with Crippen LogP contribution in [0, 0.1) is 23.7 Å². The lowest BCUT2D eigenvalue weighted by Gasteiger charge is -2.45. The molecule has 1 aromatic rings. The van der Waals surface area contributed by atoms with Crippen molar-refractivity contribution in [3.05, 3.63) is 34.9 Å². The van der Waals surface area contributed by atoms with Crippen molar-refractivity contribution in [1.82, 2.24) is 0 Å². The number of rotatable bonds is 9. The largest absolute Gasteiger partial charge is 0.378 e. The predicted octanol–water partition coefficient (Wildman–Crippen LogP) is 7.93. The highest BCUT2D eigenvalue weighted by atomic mass is 16.5. The van der Waals surface area contributed by atoms with Gasteiger partial charge in [0.2, 0.25) is 0 Å². The van der Waals surface area contributed by atoms with E-state index in [1.165, 1.54) is 96.3 Å². The van der Waals surface area contributed by atoms with Crippen LogP contribution in [-0.4, -0.2) is 12.7 Å². The molecule has 1 nitrogen and oxygen atoms in total. The first kappa shape index (κ1) is 22.4. The van der Waals surface area contributed by atoms with Gasteiger partial charge in [-0.05, 0) is 111 Å². The first-order valence-corrected chi connectivity index (χ1v) is 13.5. The molecule has 0 saturated heterocycles. The van der Waals surface area contributed by atoms with Gasteiger partial charge in [-0.25, -0.2) is 0 Å². The number of unbranched alkanes of at least 4 members (excludes halogenated alkanes) is 3. The zero-order chi connectivity index (χ0) is 20.8. The Kier molecular flexibility index (Phi) is 8.33. The van der Waals surface area contributed by atoms with Crippen molar-refractivity contribution in [2.45, 2.75) is 116 Å². The summed E-state index contributed by atoms with van der Waals surface area (Å²) in [6.45, 7) is 5.58. The van der Waals surface area contributed by atoms with Crippen molar-refractivity contribution in [2.24, 2.45) is 23.7 Å². The first-order valence-electron chi connectivity index (χ1n) is 13.5. The molecule has 0 spiro atoms. The quantitative estimate of drug-likeness (QED) is 0.376. The van der Waals surface area contributed by atoms with Crippen LogP contribution in [0.25, 0.3) is 0 Å². The predicted molar refractivity (Wildman–Crippen MR) is 128 cm³/mol. The minimum absolute atomic E-state index is 0.573. The summed E-state index contributed by atoms with van der Waals surface area (Å²) in [4.78, 5) is 0. The second-order valence-electron chi connectivity index (χ2n) is 10.8. The number of hydrogen-bond acceptors (Lipinski definition) is 1. The molecule has 1 heteroatoms. The van der Waals surface area contributed by atoms with Gasteiger partial charge in [0.05, 0.1) is 6.10 Å². The number of ether oxygens (including phenoxy) is 1. The lowest BCUT2D eigenvalue weighted by Crippen LogP contribution is -2.37. The summed E-state index contributed by atoms with van der Waals surface area (Å²) < 4.78 is 6.29. The van der Waals surface area contributed by atoms with Gasteiger partial charge in [-0.3, -0.25) is 0 Å². The van der Waals surface area contributed by atoms with E-state index in [4.69, 9.17) is 4.74 Å². The molecule has 2 fully saturated rings. The Hall–Kier alpha value is -0.820. The summed E-state index contributed by atoms with van der Waals surface area (Å²) in [5.41, 5.74) is 4.90. The van der Waals surface area contributed by atoms with E-state index in [1.807, 2.05) is 0 Å². The maximum atomic E-state index is 6.29. The van der Waals surface area contributed by atoms with Crippen LogP contribution in [0.4, 0.5) is 0 Å². The lowest BCUT2D eigenvalue weighted by molar-refractivity contribution is -0.0250. The van der Waals surface area contributed by atoms with Gasteiger partial charge in [0.1, 0.15) is 0 Å². The molecule has 3 aliphatic rings. The molecule has 1 aromatic carbocycles. The van der Waals surface area contributed by atoms with E-state index in [2.05, 4.69) is 32.0 Å². The van der Waals surface area contributed by atoms with Gasteiger partial charge in [-0.1, -0.05) is 57.7 Å². The lowest BCUT2D eigenvalue weighted by atomic mass is 9.62. The fourth-order valence-corrected chi connectivity index (χ4v) is 6.92. The van der Waals surface area contributed by atoms with Gasteiger partial charge in [0.25, 0.3) is 0 Å². The van der Waals surface area contributed by atoms with Crippen molar-refractivity contribution in [3.63, 3.8) is 0 Å². The fourth-order valence-electron chi connectivity index (χ4n) is 6.92. The van der Waals surface area contributed by atoms with E-state index in [0.29, 0.717) is 6.10 Å². The van der Waals surface area contributed by atoms with Crippen LogP contribution in [-0.2, 0) is 24.0 Å². The molecule has 0 heterocycles. The van der Waals surface area contributed by atoms with Crippen molar-refractivity contribution >= 4 is 0 Å².